The summed E-state index contributed by atoms with van der Waals surface area (Å²) in [4.78, 5) is 13.7. The molecule has 0 aliphatic carbocycles. The summed E-state index contributed by atoms with van der Waals surface area (Å²) in [6.45, 7) is 1.11. The SMILES string of the molecule is CCC(F)(F)c1cccc(C(=O)NC(Cc2ccccc2)(c2cccc(C(F)(F)F)c2)c2cccc(C(F)(F)F)c2)c1F. The van der Waals surface area contributed by atoms with Crippen LogP contribution in [0.15, 0.2) is 97.1 Å². The summed E-state index contributed by atoms with van der Waals surface area (Å²) in [7, 11) is 0. The van der Waals surface area contributed by atoms with Crippen molar-refractivity contribution < 1.29 is 44.3 Å². The molecule has 1 N–H and O–H groups in total. The predicted molar refractivity (Wildman–Crippen MR) is 142 cm³/mol. The van der Waals surface area contributed by atoms with Crippen LogP contribution in [-0.2, 0) is 30.2 Å². The summed E-state index contributed by atoms with van der Waals surface area (Å²) in [5.41, 5.74) is -6.54. The number of rotatable bonds is 8. The molecule has 0 fully saturated rings. The maximum atomic E-state index is 15.4. The van der Waals surface area contributed by atoms with E-state index in [0.29, 0.717) is 17.7 Å². The third-order valence-electron chi connectivity index (χ3n) is 7.09. The van der Waals surface area contributed by atoms with Gasteiger partial charge < -0.3 is 5.32 Å². The Bertz CT molecular complexity index is 1540. The van der Waals surface area contributed by atoms with Crippen molar-refractivity contribution in [1.29, 1.82) is 0 Å². The van der Waals surface area contributed by atoms with Crippen LogP contribution in [0, 0.1) is 5.82 Å². The van der Waals surface area contributed by atoms with E-state index in [-0.39, 0.29) is 17.5 Å². The largest absolute Gasteiger partial charge is 0.416 e. The van der Waals surface area contributed by atoms with Gasteiger partial charge in [0.15, 0.2) is 0 Å². The molecule has 226 valence electrons. The van der Waals surface area contributed by atoms with Crippen molar-refractivity contribution in [2.45, 2.75) is 43.6 Å². The molecule has 1 amide bonds. The standard InChI is InChI=1S/C32H24F9NO/c1-2-30(34,35)26-16-8-15-25(27(26)33)28(43)42-29(19-20-9-4-3-5-10-20,21-11-6-13-23(17-21)31(36,37)38)22-12-7-14-24(18-22)32(39,40)41/h3-18H,2,19H2,1H3,(H,42,43). The minimum Gasteiger partial charge on any atom is -0.338 e. The van der Waals surface area contributed by atoms with Crippen LogP contribution in [0.2, 0.25) is 0 Å². The smallest absolute Gasteiger partial charge is 0.338 e. The number of amides is 1. The van der Waals surface area contributed by atoms with Crippen molar-refractivity contribution in [2.24, 2.45) is 0 Å². The molecule has 0 unspecified atom stereocenters. The number of hydrogen-bond acceptors (Lipinski definition) is 1. The number of carbonyl (C=O) groups excluding carboxylic acids is 1. The quantitative estimate of drug-likeness (QED) is 0.198. The molecule has 4 rings (SSSR count). The van der Waals surface area contributed by atoms with Crippen molar-refractivity contribution in [3.63, 3.8) is 0 Å². The zero-order chi connectivity index (χ0) is 31.6. The van der Waals surface area contributed by atoms with E-state index in [9.17, 15) is 39.9 Å². The average molecular weight is 610 g/mol. The Morgan fingerprint density at radius 3 is 1.63 bits per heavy atom. The Labute approximate surface area is 241 Å². The van der Waals surface area contributed by atoms with Gasteiger partial charge in [-0.05, 0) is 47.0 Å². The van der Waals surface area contributed by atoms with Crippen LogP contribution >= 0.6 is 0 Å². The van der Waals surface area contributed by atoms with Gasteiger partial charge in [-0.3, -0.25) is 4.79 Å². The minimum absolute atomic E-state index is 0.269. The second kappa shape index (κ2) is 11.8. The highest BCUT2D eigenvalue weighted by atomic mass is 19.4. The fourth-order valence-corrected chi connectivity index (χ4v) is 4.82. The number of alkyl halides is 8. The van der Waals surface area contributed by atoms with Crippen LogP contribution in [0.1, 0.15) is 57.1 Å². The Hall–Kier alpha value is -4.28. The molecule has 0 aliphatic heterocycles. The van der Waals surface area contributed by atoms with Crippen molar-refractivity contribution in [1.82, 2.24) is 5.32 Å². The Balaban J connectivity index is 2.01. The van der Waals surface area contributed by atoms with Gasteiger partial charge in [0.25, 0.3) is 11.8 Å². The number of benzene rings is 4. The normalized spacial score (nSPS) is 12.7. The van der Waals surface area contributed by atoms with Gasteiger partial charge in [0.05, 0.1) is 27.8 Å². The van der Waals surface area contributed by atoms with E-state index in [2.05, 4.69) is 5.32 Å². The van der Waals surface area contributed by atoms with Crippen LogP contribution in [-0.4, -0.2) is 5.91 Å². The zero-order valence-corrected chi connectivity index (χ0v) is 22.5. The average Bonchev–Trinajstić information content (AvgIpc) is 2.96. The highest BCUT2D eigenvalue weighted by Gasteiger charge is 2.42. The summed E-state index contributed by atoms with van der Waals surface area (Å²) in [5, 5.41) is 2.46. The van der Waals surface area contributed by atoms with Gasteiger partial charge in [0, 0.05) is 12.8 Å². The first-order chi connectivity index (χ1) is 20.1. The lowest BCUT2D eigenvalue weighted by Gasteiger charge is -2.37. The molecule has 0 atom stereocenters. The van der Waals surface area contributed by atoms with Gasteiger partial charge >= 0.3 is 12.4 Å². The van der Waals surface area contributed by atoms with Crippen LogP contribution in [0.25, 0.3) is 0 Å². The van der Waals surface area contributed by atoms with E-state index in [1.807, 2.05) is 0 Å². The van der Waals surface area contributed by atoms with E-state index >= 15 is 4.39 Å². The van der Waals surface area contributed by atoms with Gasteiger partial charge in [-0.15, -0.1) is 0 Å². The van der Waals surface area contributed by atoms with Gasteiger partial charge in [0.2, 0.25) is 0 Å². The molecule has 0 bridgehead atoms. The first kappa shape index (κ1) is 31.7. The molecule has 0 aromatic heterocycles. The molecule has 4 aromatic carbocycles. The summed E-state index contributed by atoms with van der Waals surface area (Å²) >= 11 is 0. The molecule has 2 nitrogen and oxygen atoms in total. The second-order valence-corrected chi connectivity index (χ2v) is 9.90. The van der Waals surface area contributed by atoms with Crippen LogP contribution in [0.5, 0.6) is 0 Å². The molecular formula is C32H24F9NO. The Morgan fingerprint density at radius 2 is 1.14 bits per heavy atom. The molecule has 0 heterocycles. The van der Waals surface area contributed by atoms with E-state index in [1.54, 1.807) is 30.3 Å². The zero-order valence-electron chi connectivity index (χ0n) is 22.5. The lowest BCUT2D eigenvalue weighted by atomic mass is 9.76. The van der Waals surface area contributed by atoms with Crippen LogP contribution in [0.4, 0.5) is 39.5 Å². The van der Waals surface area contributed by atoms with Crippen molar-refractivity contribution >= 4 is 5.91 Å². The topological polar surface area (TPSA) is 29.1 Å². The van der Waals surface area contributed by atoms with Crippen LogP contribution < -0.4 is 5.32 Å². The van der Waals surface area contributed by atoms with Crippen molar-refractivity contribution in [2.75, 3.05) is 0 Å². The van der Waals surface area contributed by atoms with Crippen molar-refractivity contribution in [3.8, 4) is 0 Å². The van der Waals surface area contributed by atoms with Crippen molar-refractivity contribution in [3.05, 3.63) is 142 Å². The first-order valence-corrected chi connectivity index (χ1v) is 13.0. The number of carbonyl (C=O) groups is 1. The lowest BCUT2D eigenvalue weighted by molar-refractivity contribution is -0.138. The molecule has 0 saturated carbocycles. The fourth-order valence-electron chi connectivity index (χ4n) is 4.82. The molecule has 0 radical (unpaired) electrons. The second-order valence-electron chi connectivity index (χ2n) is 9.90. The molecule has 0 aliphatic rings. The third kappa shape index (κ3) is 6.71. The maximum absolute atomic E-state index is 15.4. The Kier molecular flexibility index (Phi) is 8.67. The molecule has 0 saturated heterocycles. The summed E-state index contributed by atoms with van der Waals surface area (Å²) in [5.74, 6) is -6.53. The Morgan fingerprint density at radius 1 is 0.651 bits per heavy atom. The number of halogens is 9. The van der Waals surface area contributed by atoms with Gasteiger partial charge in [0.1, 0.15) is 5.82 Å². The molecule has 43 heavy (non-hydrogen) atoms. The van der Waals surface area contributed by atoms with E-state index in [1.165, 1.54) is 12.1 Å². The minimum atomic E-state index is -4.86. The highest BCUT2D eigenvalue weighted by Crippen LogP contribution is 2.40. The summed E-state index contributed by atoms with van der Waals surface area (Å²) < 4.78 is 127. The highest BCUT2D eigenvalue weighted by molar-refractivity contribution is 5.95. The third-order valence-corrected chi connectivity index (χ3v) is 7.09. The van der Waals surface area contributed by atoms with E-state index < -0.39 is 64.2 Å². The molecule has 11 heteroatoms. The van der Waals surface area contributed by atoms with E-state index in [4.69, 9.17) is 0 Å². The van der Waals surface area contributed by atoms with E-state index in [0.717, 1.165) is 49.4 Å². The van der Waals surface area contributed by atoms with Gasteiger partial charge in [-0.1, -0.05) is 73.7 Å². The predicted octanol–water partition coefficient (Wildman–Crippen LogP) is 9.28. The molecular weight excluding hydrogens is 585 g/mol. The van der Waals surface area contributed by atoms with Gasteiger partial charge in [-0.2, -0.15) is 26.3 Å². The van der Waals surface area contributed by atoms with Crippen LogP contribution in [0.3, 0.4) is 0 Å². The summed E-state index contributed by atoms with van der Waals surface area (Å²) in [6, 6.07) is 17.9. The molecule has 4 aromatic rings. The number of nitrogens with one attached hydrogen (secondary N) is 1. The first-order valence-electron chi connectivity index (χ1n) is 13.0. The monoisotopic (exact) mass is 609 g/mol. The summed E-state index contributed by atoms with van der Waals surface area (Å²) in [6.07, 6.45) is -10.9. The molecule has 0 spiro atoms. The lowest BCUT2D eigenvalue weighted by Crippen LogP contribution is -2.49. The fraction of sp³-hybridized carbons (Fsp3) is 0.219. The maximum Gasteiger partial charge on any atom is 0.416 e. The number of hydrogen-bond donors (Lipinski definition) is 1. The van der Waals surface area contributed by atoms with Gasteiger partial charge in [-0.25, -0.2) is 13.2 Å².